The molecule has 0 spiro atoms. The zero-order valence-electron chi connectivity index (χ0n) is 9.15. The summed E-state index contributed by atoms with van der Waals surface area (Å²) >= 11 is 0. The molecule has 0 radical (unpaired) electrons. The molecule has 6 nitrogen and oxygen atoms in total. The van der Waals surface area contributed by atoms with Crippen molar-refractivity contribution in [3.8, 4) is 0 Å². The minimum atomic E-state index is -0.544. The normalized spacial score (nSPS) is 12.9. The fraction of sp³-hybridized carbons (Fsp3) is 0.667. The Labute approximate surface area is 88.2 Å². The predicted octanol–water partition coefficient (Wildman–Crippen LogP) is 0.690. The summed E-state index contributed by atoms with van der Waals surface area (Å²) in [6.45, 7) is 5.66. The maximum Gasteiger partial charge on any atom is 0.322 e. The van der Waals surface area contributed by atoms with Crippen LogP contribution in [0.15, 0.2) is 4.42 Å². The second-order valence-corrected chi connectivity index (χ2v) is 3.85. The maximum atomic E-state index is 11.5. The van der Waals surface area contributed by atoms with Crippen molar-refractivity contribution in [3.63, 3.8) is 0 Å². The molecular weight excluding hydrogens is 196 g/mol. The molecule has 0 saturated carbocycles. The van der Waals surface area contributed by atoms with Crippen molar-refractivity contribution in [3.05, 3.63) is 5.89 Å². The Morgan fingerprint density at radius 2 is 2.20 bits per heavy atom. The Balaban J connectivity index is 2.48. The average molecular weight is 212 g/mol. The van der Waals surface area contributed by atoms with Crippen LogP contribution >= 0.6 is 0 Å². The number of nitrogens with two attached hydrogens (primary N) is 1. The molecule has 0 aliphatic carbocycles. The molecule has 1 amide bonds. The quantitative estimate of drug-likeness (QED) is 0.765. The van der Waals surface area contributed by atoms with Crippen molar-refractivity contribution in [1.82, 2.24) is 10.2 Å². The van der Waals surface area contributed by atoms with Crippen LogP contribution in [0.4, 0.5) is 6.01 Å². The molecule has 0 bridgehead atoms. The number of anilines is 1. The zero-order chi connectivity index (χ0) is 11.4. The predicted molar refractivity (Wildman–Crippen MR) is 55.1 cm³/mol. The summed E-state index contributed by atoms with van der Waals surface area (Å²) in [6.07, 6.45) is 0.624. The second kappa shape index (κ2) is 4.88. The van der Waals surface area contributed by atoms with E-state index in [0.717, 1.165) is 0 Å². The smallest absolute Gasteiger partial charge is 0.322 e. The number of hydrogen-bond acceptors (Lipinski definition) is 5. The molecule has 1 aromatic heterocycles. The van der Waals surface area contributed by atoms with Gasteiger partial charge in [0.2, 0.25) is 11.8 Å². The highest BCUT2D eigenvalue weighted by Gasteiger charge is 2.17. The van der Waals surface area contributed by atoms with Crippen molar-refractivity contribution < 1.29 is 9.21 Å². The fourth-order valence-corrected chi connectivity index (χ4v) is 1.16. The van der Waals surface area contributed by atoms with Gasteiger partial charge in [-0.3, -0.25) is 10.1 Å². The highest BCUT2D eigenvalue weighted by Crippen LogP contribution is 2.07. The van der Waals surface area contributed by atoms with E-state index in [1.165, 1.54) is 0 Å². The minimum Gasteiger partial charge on any atom is -0.408 e. The third-order valence-corrected chi connectivity index (χ3v) is 1.82. The lowest BCUT2D eigenvalue weighted by Crippen LogP contribution is -2.36. The Hall–Kier alpha value is -1.43. The summed E-state index contributed by atoms with van der Waals surface area (Å²) in [7, 11) is 0. The van der Waals surface area contributed by atoms with E-state index in [1.807, 2.05) is 13.8 Å². The summed E-state index contributed by atoms with van der Waals surface area (Å²) in [5.74, 6) is 0.477. The molecule has 0 aromatic carbocycles. The number of carbonyl (C=O) groups is 1. The lowest BCUT2D eigenvalue weighted by Gasteiger charge is -2.11. The van der Waals surface area contributed by atoms with Crippen molar-refractivity contribution in [2.24, 2.45) is 11.7 Å². The van der Waals surface area contributed by atoms with Crippen LogP contribution in [0, 0.1) is 12.8 Å². The van der Waals surface area contributed by atoms with E-state index in [1.54, 1.807) is 6.92 Å². The van der Waals surface area contributed by atoms with E-state index in [-0.39, 0.29) is 11.9 Å². The Kier molecular flexibility index (Phi) is 3.79. The number of aryl methyl sites for hydroxylation is 1. The number of hydrogen-bond donors (Lipinski definition) is 2. The molecule has 0 saturated heterocycles. The molecule has 0 aliphatic heterocycles. The van der Waals surface area contributed by atoms with E-state index in [9.17, 15) is 4.79 Å². The first-order valence-electron chi connectivity index (χ1n) is 4.85. The van der Waals surface area contributed by atoms with Gasteiger partial charge >= 0.3 is 6.01 Å². The molecular formula is C9H16N4O2. The lowest BCUT2D eigenvalue weighted by atomic mass is 10.0. The van der Waals surface area contributed by atoms with Gasteiger partial charge in [0.05, 0.1) is 6.04 Å². The number of carbonyl (C=O) groups excluding carboxylic acids is 1. The number of nitrogens with one attached hydrogen (secondary N) is 1. The van der Waals surface area contributed by atoms with Gasteiger partial charge in [-0.15, -0.1) is 5.10 Å². The van der Waals surface area contributed by atoms with E-state index in [2.05, 4.69) is 15.5 Å². The van der Waals surface area contributed by atoms with Gasteiger partial charge in [0.1, 0.15) is 0 Å². The number of amides is 1. The monoisotopic (exact) mass is 212 g/mol. The summed E-state index contributed by atoms with van der Waals surface area (Å²) in [5.41, 5.74) is 5.67. The maximum absolute atomic E-state index is 11.5. The zero-order valence-corrected chi connectivity index (χ0v) is 9.15. The molecule has 3 N–H and O–H groups in total. The van der Waals surface area contributed by atoms with Gasteiger partial charge in [-0.2, -0.15) is 0 Å². The first kappa shape index (κ1) is 11.6. The molecule has 1 aromatic rings. The van der Waals surface area contributed by atoms with Crippen molar-refractivity contribution >= 4 is 11.9 Å². The van der Waals surface area contributed by atoms with E-state index in [4.69, 9.17) is 10.2 Å². The highest BCUT2D eigenvalue weighted by molar-refractivity contribution is 5.92. The second-order valence-electron chi connectivity index (χ2n) is 3.85. The topological polar surface area (TPSA) is 94.0 Å². The van der Waals surface area contributed by atoms with Crippen LogP contribution in [-0.4, -0.2) is 22.1 Å². The van der Waals surface area contributed by atoms with Crippen molar-refractivity contribution in [1.29, 1.82) is 0 Å². The van der Waals surface area contributed by atoms with Crippen LogP contribution in [0.3, 0.4) is 0 Å². The van der Waals surface area contributed by atoms with Crippen LogP contribution in [0.1, 0.15) is 26.2 Å². The number of rotatable bonds is 4. The lowest BCUT2D eigenvalue weighted by molar-refractivity contribution is -0.117. The first-order chi connectivity index (χ1) is 6.99. The van der Waals surface area contributed by atoms with Gasteiger partial charge < -0.3 is 10.2 Å². The van der Waals surface area contributed by atoms with Crippen molar-refractivity contribution in [2.45, 2.75) is 33.2 Å². The van der Waals surface area contributed by atoms with Crippen LogP contribution in [0.2, 0.25) is 0 Å². The average Bonchev–Trinajstić information content (AvgIpc) is 2.50. The van der Waals surface area contributed by atoms with Crippen LogP contribution < -0.4 is 11.1 Å². The molecule has 0 aliphatic rings. The molecule has 1 rings (SSSR count). The van der Waals surface area contributed by atoms with Gasteiger partial charge in [-0.05, 0) is 12.3 Å². The summed E-state index contributed by atoms with van der Waals surface area (Å²) in [6, 6.07) is -0.450. The van der Waals surface area contributed by atoms with E-state index < -0.39 is 6.04 Å². The van der Waals surface area contributed by atoms with Crippen LogP contribution in [0.25, 0.3) is 0 Å². The molecule has 0 fully saturated rings. The van der Waals surface area contributed by atoms with Crippen molar-refractivity contribution in [2.75, 3.05) is 5.32 Å². The van der Waals surface area contributed by atoms with Gasteiger partial charge in [0.25, 0.3) is 0 Å². The van der Waals surface area contributed by atoms with Gasteiger partial charge in [0.15, 0.2) is 0 Å². The summed E-state index contributed by atoms with van der Waals surface area (Å²) in [5, 5.41) is 9.69. The van der Waals surface area contributed by atoms with Gasteiger partial charge in [0, 0.05) is 6.92 Å². The first-order valence-corrected chi connectivity index (χ1v) is 4.85. The summed E-state index contributed by atoms with van der Waals surface area (Å²) in [4.78, 5) is 11.5. The Morgan fingerprint density at radius 1 is 1.53 bits per heavy atom. The highest BCUT2D eigenvalue weighted by atomic mass is 16.4. The summed E-state index contributed by atoms with van der Waals surface area (Å²) < 4.78 is 5.00. The van der Waals surface area contributed by atoms with Crippen LogP contribution in [-0.2, 0) is 4.79 Å². The minimum absolute atomic E-state index is 0.0942. The van der Waals surface area contributed by atoms with Gasteiger partial charge in [-0.1, -0.05) is 18.9 Å². The molecule has 1 heterocycles. The SMILES string of the molecule is Cc1nnc(NC(=O)[C@H](N)CC(C)C)o1. The Bertz CT molecular complexity index is 335. The standard InChI is InChI=1S/C9H16N4O2/c1-5(2)4-7(10)8(14)11-9-13-12-6(3)15-9/h5,7H,4,10H2,1-3H3,(H,11,13,14)/t7-/m1/s1. The largest absolute Gasteiger partial charge is 0.408 e. The molecule has 0 unspecified atom stereocenters. The van der Waals surface area contributed by atoms with E-state index in [0.29, 0.717) is 18.2 Å². The molecule has 84 valence electrons. The van der Waals surface area contributed by atoms with E-state index >= 15 is 0 Å². The number of aromatic nitrogens is 2. The van der Waals surface area contributed by atoms with Crippen LogP contribution in [0.5, 0.6) is 0 Å². The third kappa shape index (κ3) is 3.67. The number of nitrogens with zero attached hydrogens (tertiary/aromatic N) is 2. The fourth-order valence-electron chi connectivity index (χ4n) is 1.16. The third-order valence-electron chi connectivity index (χ3n) is 1.82. The Morgan fingerprint density at radius 3 is 2.67 bits per heavy atom. The molecule has 15 heavy (non-hydrogen) atoms. The molecule has 1 atom stereocenters. The molecule has 6 heteroatoms. The van der Waals surface area contributed by atoms with Gasteiger partial charge in [-0.25, -0.2) is 0 Å².